The summed E-state index contributed by atoms with van der Waals surface area (Å²) < 4.78 is 7.19. The Balaban J connectivity index is 0.00000261. The van der Waals surface area contributed by atoms with Gasteiger partial charge in [-0.25, -0.2) is 9.98 Å². The van der Waals surface area contributed by atoms with E-state index in [0.717, 1.165) is 47.4 Å². The fraction of sp³-hybridized carbons (Fsp3) is 0.333. The topological polar surface area (TPSA) is 63.0 Å². The first-order valence-corrected chi connectivity index (χ1v) is 9.71. The van der Waals surface area contributed by atoms with Crippen LogP contribution in [0.1, 0.15) is 18.2 Å². The Labute approximate surface area is 185 Å². The van der Waals surface area contributed by atoms with Crippen molar-refractivity contribution < 1.29 is 4.74 Å². The predicted molar refractivity (Wildman–Crippen MR) is 123 cm³/mol. The number of rotatable bonds is 7. The summed E-state index contributed by atoms with van der Waals surface area (Å²) in [6.45, 7) is 4.11. The summed E-state index contributed by atoms with van der Waals surface area (Å²) in [6.07, 6.45) is 4.81. The van der Waals surface area contributed by atoms with Crippen LogP contribution in [0.25, 0.3) is 4.96 Å². The van der Waals surface area contributed by atoms with Crippen LogP contribution in [0.2, 0.25) is 5.02 Å². The largest absolute Gasteiger partial charge is 0.497 e. The Morgan fingerprint density at radius 2 is 2.22 bits per heavy atom. The van der Waals surface area contributed by atoms with Gasteiger partial charge < -0.3 is 15.4 Å². The fourth-order valence-electron chi connectivity index (χ4n) is 2.53. The van der Waals surface area contributed by atoms with Gasteiger partial charge in [0.05, 0.1) is 19.3 Å². The number of aromatic nitrogens is 2. The van der Waals surface area contributed by atoms with E-state index < -0.39 is 0 Å². The molecule has 0 spiro atoms. The third-order valence-corrected chi connectivity index (χ3v) is 4.96. The second-order valence-electron chi connectivity index (χ2n) is 5.65. The van der Waals surface area contributed by atoms with E-state index in [-0.39, 0.29) is 24.0 Å². The van der Waals surface area contributed by atoms with Gasteiger partial charge in [-0.1, -0.05) is 17.7 Å². The molecule has 0 radical (unpaired) electrons. The van der Waals surface area contributed by atoms with E-state index in [1.165, 1.54) is 0 Å². The van der Waals surface area contributed by atoms with Crippen LogP contribution in [0.5, 0.6) is 5.75 Å². The van der Waals surface area contributed by atoms with E-state index in [1.54, 1.807) is 18.4 Å². The van der Waals surface area contributed by atoms with Crippen molar-refractivity contribution in [2.24, 2.45) is 4.99 Å². The van der Waals surface area contributed by atoms with Gasteiger partial charge in [-0.05, 0) is 31.0 Å². The van der Waals surface area contributed by atoms with Crippen LogP contribution in [-0.4, -0.2) is 35.5 Å². The molecule has 0 aliphatic heterocycles. The number of halogens is 2. The number of aliphatic imine (C=N–C) groups is 1. The molecule has 0 aliphatic rings. The number of nitrogens with one attached hydrogen (secondary N) is 2. The molecule has 0 aliphatic carbocycles. The molecule has 2 aromatic heterocycles. The highest BCUT2D eigenvalue weighted by molar-refractivity contribution is 14.0. The summed E-state index contributed by atoms with van der Waals surface area (Å²) >= 11 is 7.91. The van der Waals surface area contributed by atoms with Gasteiger partial charge in [-0.2, -0.15) is 0 Å². The normalized spacial score (nSPS) is 11.3. The number of imidazole rings is 1. The molecule has 9 heteroatoms. The second-order valence-corrected chi connectivity index (χ2v) is 6.93. The lowest BCUT2D eigenvalue weighted by Gasteiger charge is -2.12. The predicted octanol–water partition coefficient (Wildman–Crippen LogP) is 3.97. The molecule has 2 N–H and O–H groups in total. The van der Waals surface area contributed by atoms with E-state index in [0.29, 0.717) is 11.6 Å². The Morgan fingerprint density at radius 1 is 1.37 bits per heavy atom. The van der Waals surface area contributed by atoms with E-state index in [2.05, 4.69) is 20.6 Å². The smallest absolute Gasteiger partial charge is 0.193 e. The van der Waals surface area contributed by atoms with E-state index in [4.69, 9.17) is 16.3 Å². The maximum Gasteiger partial charge on any atom is 0.193 e. The van der Waals surface area contributed by atoms with E-state index >= 15 is 0 Å². The van der Waals surface area contributed by atoms with Crippen molar-refractivity contribution >= 4 is 57.8 Å². The quantitative estimate of drug-likeness (QED) is 0.282. The fourth-order valence-corrected chi connectivity index (χ4v) is 3.51. The number of methoxy groups -OCH3 is 1. The van der Waals surface area contributed by atoms with Gasteiger partial charge in [0.1, 0.15) is 5.75 Å². The zero-order valence-electron chi connectivity index (χ0n) is 15.2. The maximum absolute atomic E-state index is 6.29. The van der Waals surface area contributed by atoms with Crippen molar-refractivity contribution in [2.45, 2.75) is 19.9 Å². The van der Waals surface area contributed by atoms with Crippen LogP contribution in [0.4, 0.5) is 0 Å². The summed E-state index contributed by atoms with van der Waals surface area (Å²) in [4.78, 5) is 10.1. The number of benzene rings is 1. The molecule has 0 saturated heterocycles. The molecule has 0 amide bonds. The number of thiazole rings is 1. The average Bonchev–Trinajstić information content (AvgIpc) is 3.22. The maximum atomic E-state index is 6.29. The molecule has 0 bridgehead atoms. The Bertz CT molecular complexity index is 866. The molecule has 6 nitrogen and oxygen atoms in total. The number of hydrogen-bond donors (Lipinski definition) is 2. The van der Waals surface area contributed by atoms with Gasteiger partial charge in [0, 0.05) is 35.9 Å². The lowest BCUT2D eigenvalue weighted by molar-refractivity contribution is 0.414. The third kappa shape index (κ3) is 5.98. The first kappa shape index (κ1) is 21.8. The summed E-state index contributed by atoms with van der Waals surface area (Å²) in [6, 6.07) is 5.75. The summed E-state index contributed by atoms with van der Waals surface area (Å²) in [7, 11) is 1.63. The first-order chi connectivity index (χ1) is 12.7. The molecule has 0 saturated carbocycles. The minimum atomic E-state index is 0. The number of nitrogens with zero attached hydrogens (tertiary/aromatic N) is 3. The summed E-state index contributed by atoms with van der Waals surface area (Å²) in [5.41, 5.74) is 2.03. The van der Waals surface area contributed by atoms with Crippen LogP contribution < -0.4 is 15.4 Å². The molecule has 146 valence electrons. The molecule has 2 heterocycles. The summed E-state index contributed by atoms with van der Waals surface area (Å²) in [5.74, 6) is 1.54. The number of guanidine groups is 1. The van der Waals surface area contributed by atoms with Crippen molar-refractivity contribution in [1.82, 2.24) is 20.0 Å². The van der Waals surface area contributed by atoms with Gasteiger partial charge in [0.25, 0.3) is 0 Å². The number of fused-ring (bicyclic) bond motifs is 1. The van der Waals surface area contributed by atoms with Gasteiger partial charge in [0.15, 0.2) is 10.9 Å². The molecule has 0 atom stereocenters. The highest BCUT2D eigenvalue weighted by atomic mass is 127. The lowest BCUT2D eigenvalue weighted by atomic mass is 10.1. The van der Waals surface area contributed by atoms with Gasteiger partial charge in [0.2, 0.25) is 0 Å². The molecule has 0 unspecified atom stereocenters. The number of ether oxygens (including phenoxy) is 1. The van der Waals surface area contributed by atoms with Crippen LogP contribution >= 0.6 is 46.9 Å². The Kier molecular flexibility index (Phi) is 8.65. The van der Waals surface area contributed by atoms with E-state index in [1.807, 2.05) is 47.3 Å². The Morgan fingerprint density at radius 3 is 2.93 bits per heavy atom. The Hall–Kier alpha value is -1.52. The average molecular weight is 520 g/mol. The second kappa shape index (κ2) is 10.7. The first-order valence-electron chi connectivity index (χ1n) is 8.45. The number of hydrogen-bond acceptors (Lipinski definition) is 4. The van der Waals surface area contributed by atoms with Crippen molar-refractivity contribution in [3.8, 4) is 5.75 Å². The van der Waals surface area contributed by atoms with Crippen molar-refractivity contribution in [3.63, 3.8) is 0 Å². The van der Waals surface area contributed by atoms with Crippen LogP contribution in [0.15, 0.2) is 41.0 Å². The zero-order chi connectivity index (χ0) is 18.4. The highest BCUT2D eigenvalue weighted by Crippen LogP contribution is 2.22. The minimum Gasteiger partial charge on any atom is -0.497 e. The van der Waals surface area contributed by atoms with Crippen LogP contribution in [-0.2, 0) is 13.0 Å². The molecule has 1 aromatic carbocycles. The minimum absolute atomic E-state index is 0. The standard InChI is InChI=1S/C18H22ClN5OS.HI/c1-3-20-17(22-11-14-12-24-8-9-26-18(24)23-14)21-7-6-13-4-5-15(25-2)10-16(13)19;/h4-5,8-10,12H,3,6-7,11H2,1-2H3,(H2,20,21,22);1H. The molecular weight excluding hydrogens is 497 g/mol. The summed E-state index contributed by atoms with van der Waals surface area (Å²) in [5, 5.41) is 9.33. The monoisotopic (exact) mass is 519 g/mol. The molecule has 3 rings (SSSR count). The van der Waals surface area contributed by atoms with Crippen molar-refractivity contribution in [3.05, 3.63) is 52.3 Å². The van der Waals surface area contributed by atoms with Crippen molar-refractivity contribution in [2.75, 3.05) is 20.2 Å². The lowest BCUT2D eigenvalue weighted by Crippen LogP contribution is -2.38. The van der Waals surface area contributed by atoms with Gasteiger partial charge >= 0.3 is 0 Å². The molecule has 0 fully saturated rings. The van der Waals surface area contributed by atoms with Gasteiger partial charge in [-0.3, -0.25) is 4.40 Å². The van der Waals surface area contributed by atoms with Gasteiger partial charge in [-0.15, -0.1) is 35.3 Å². The third-order valence-electron chi connectivity index (χ3n) is 3.83. The molecule has 3 aromatic rings. The molecular formula is C18H23ClIN5OS. The zero-order valence-corrected chi connectivity index (χ0v) is 19.1. The van der Waals surface area contributed by atoms with E-state index in [9.17, 15) is 0 Å². The SMILES string of the molecule is CCNC(=NCc1cn2ccsc2n1)NCCc1ccc(OC)cc1Cl.I. The van der Waals surface area contributed by atoms with Crippen molar-refractivity contribution in [1.29, 1.82) is 0 Å². The van der Waals surface area contributed by atoms with Crippen LogP contribution in [0, 0.1) is 0 Å². The highest BCUT2D eigenvalue weighted by Gasteiger charge is 2.05. The molecule has 27 heavy (non-hydrogen) atoms. The van der Waals surface area contributed by atoms with Crippen LogP contribution in [0.3, 0.4) is 0 Å².